The zero-order valence-corrected chi connectivity index (χ0v) is 17.4. The number of carbonyl (C=O) groups is 2. The molecule has 0 aliphatic carbocycles. The molecule has 0 aliphatic heterocycles. The van der Waals surface area contributed by atoms with Gasteiger partial charge in [0.1, 0.15) is 23.9 Å². The van der Waals surface area contributed by atoms with E-state index in [-0.39, 0.29) is 18.9 Å². The van der Waals surface area contributed by atoms with Crippen molar-refractivity contribution in [3.05, 3.63) is 76.2 Å². The lowest BCUT2D eigenvalue weighted by Crippen LogP contribution is -2.32. The van der Waals surface area contributed by atoms with Crippen molar-refractivity contribution >= 4 is 40.7 Å². The summed E-state index contributed by atoms with van der Waals surface area (Å²) in [6, 6.07) is 14.9. The summed E-state index contributed by atoms with van der Waals surface area (Å²) < 4.78 is 16.2. The largest absolute Gasteiger partial charge is 0.495 e. The number of hydrogen-bond donors (Lipinski definition) is 2. The van der Waals surface area contributed by atoms with E-state index in [2.05, 4.69) is 10.6 Å². The predicted molar refractivity (Wildman–Crippen MR) is 113 cm³/mol. The summed E-state index contributed by atoms with van der Waals surface area (Å²) in [6.45, 7) is -0.160. The minimum atomic E-state index is -0.527. The van der Waals surface area contributed by atoms with Crippen molar-refractivity contribution < 1.29 is 23.5 Å². The molecule has 3 aromatic rings. The number of rotatable bonds is 8. The Hall–Kier alpha value is -3.16. The third-order valence-electron chi connectivity index (χ3n) is 3.94. The Labute approximate surface area is 182 Å². The summed E-state index contributed by atoms with van der Waals surface area (Å²) in [5.41, 5.74) is 0.512. The van der Waals surface area contributed by atoms with E-state index in [0.29, 0.717) is 33.0 Å². The van der Waals surface area contributed by atoms with Gasteiger partial charge in [0.15, 0.2) is 5.76 Å². The molecule has 7 nitrogen and oxygen atoms in total. The van der Waals surface area contributed by atoms with Crippen LogP contribution in [0.4, 0.5) is 5.69 Å². The Morgan fingerprint density at radius 2 is 1.83 bits per heavy atom. The highest BCUT2D eigenvalue weighted by atomic mass is 35.5. The molecule has 2 N–H and O–H groups in total. The van der Waals surface area contributed by atoms with Crippen molar-refractivity contribution in [2.45, 2.75) is 6.61 Å². The number of benzene rings is 2. The molecule has 0 spiro atoms. The number of nitrogens with one attached hydrogen (secondary N) is 2. The van der Waals surface area contributed by atoms with E-state index >= 15 is 0 Å². The second kappa shape index (κ2) is 10.0. The maximum absolute atomic E-state index is 12.2. The van der Waals surface area contributed by atoms with Crippen LogP contribution in [0.3, 0.4) is 0 Å². The summed E-state index contributed by atoms with van der Waals surface area (Å²) in [5.74, 6) is 0.511. The highest BCUT2D eigenvalue weighted by Gasteiger charge is 2.14. The standard InChI is InChI=1S/C21H18Cl2N2O5/c1-28-18-5-3-2-4-16(18)25-20(26)11-24-21(27)19-9-7-14(30-19)12-29-17-8-6-13(22)10-15(17)23/h2-10H,11-12H2,1H3,(H,24,27)(H,25,26). The van der Waals surface area contributed by atoms with E-state index in [1.165, 1.54) is 13.2 Å². The van der Waals surface area contributed by atoms with Crippen LogP contribution in [0.2, 0.25) is 10.0 Å². The van der Waals surface area contributed by atoms with Crippen LogP contribution < -0.4 is 20.1 Å². The third kappa shape index (κ3) is 5.68. The maximum Gasteiger partial charge on any atom is 0.287 e. The van der Waals surface area contributed by atoms with Crippen LogP contribution in [-0.2, 0) is 11.4 Å². The van der Waals surface area contributed by atoms with Crippen LogP contribution in [0.15, 0.2) is 59.0 Å². The zero-order chi connectivity index (χ0) is 21.5. The second-order valence-corrected chi connectivity index (χ2v) is 6.90. The number of hydrogen-bond acceptors (Lipinski definition) is 5. The number of methoxy groups -OCH3 is 1. The molecule has 30 heavy (non-hydrogen) atoms. The van der Waals surface area contributed by atoms with Crippen LogP contribution in [0.1, 0.15) is 16.3 Å². The van der Waals surface area contributed by atoms with Gasteiger partial charge < -0.3 is 24.5 Å². The molecule has 3 rings (SSSR count). The fourth-order valence-electron chi connectivity index (χ4n) is 2.51. The van der Waals surface area contributed by atoms with Crippen molar-refractivity contribution in [1.82, 2.24) is 5.32 Å². The van der Waals surface area contributed by atoms with Crippen molar-refractivity contribution in [2.75, 3.05) is 19.0 Å². The van der Waals surface area contributed by atoms with Gasteiger partial charge in [-0.1, -0.05) is 35.3 Å². The van der Waals surface area contributed by atoms with Crippen LogP contribution >= 0.6 is 23.2 Å². The molecule has 1 heterocycles. The lowest BCUT2D eigenvalue weighted by atomic mass is 10.3. The first kappa shape index (κ1) is 21.5. The van der Waals surface area contributed by atoms with Crippen molar-refractivity contribution in [1.29, 1.82) is 0 Å². The number of anilines is 1. The number of ether oxygens (including phenoxy) is 2. The molecule has 0 bridgehead atoms. The molecule has 0 aliphatic rings. The lowest BCUT2D eigenvalue weighted by molar-refractivity contribution is -0.115. The minimum Gasteiger partial charge on any atom is -0.495 e. The van der Waals surface area contributed by atoms with Gasteiger partial charge >= 0.3 is 0 Å². The molecule has 0 atom stereocenters. The van der Waals surface area contributed by atoms with Crippen molar-refractivity contribution in [3.63, 3.8) is 0 Å². The Bertz CT molecular complexity index is 1050. The summed E-state index contributed by atoms with van der Waals surface area (Å²) in [7, 11) is 1.51. The van der Waals surface area contributed by atoms with E-state index in [9.17, 15) is 9.59 Å². The topological polar surface area (TPSA) is 89.8 Å². The van der Waals surface area contributed by atoms with Gasteiger partial charge in [0, 0.05) is 5.02 Å². The SMILES string of the molecule is COc1ccccc1NC(=O)CNC(=O)c1ccc(COc2ccc(Cl)cc2Cl)o1. The average molecular weight is 449 g/mol. The summed E-state index contributed by atoms with van der Waals surface area (Å²) in [5, 5.41) is 6.03. The van der Waals surface area contributed by atoms with Gasteiger partial charge in [-0.05, 0) is 42.5 Å². The summed E-state index contributed by atoms with van der Waals surface area (Å²) in [4.78, 5) is 24.3. The second-order valence-electron chi connectivity index (χ2n) is 6.06. The molecule has 2 aromatic carbocycles. The van der Waals surface area contributed by atoms with Gasteiger partial charge in [0.05, 0.1) is 24.4 Å². The van der Waals surface area contributed by atoms with Gasteiger partial charge in [-0.15, -0.1) is 0 Å². The molecule has 0 fully saturated rings. The maximum atomic E-state index is 12.2. The normalized spacial score (nSPS) is 10.4. The van der Waals surface area contributed by atoms with E-state index in [1.54, 1.807) is 48.5 Å². The number of carbonyl (C=O) groups excluding carboxylic acids is 2. The summed E-state index contributed by atoms with van der Waals surface area (Å²) >= 11 is 11.9. The number of amides is 2. The van der Waals surface area contributed by atoms with E-state index in [0.717, 1.165) is 0 Å². The van der Waals surface area contributed by atoms with Gasteiger partial charge in [-0.2, -0.15) is 0 Å². The quantitative estimate of drug-likeness (QED) is 0.527. The smallest absolute Gasteiger partial charge is 0.287 e. The molecule has 0 saturated heterocycles. The van der Waals surface area contributed by atoms with E-state index in [4.69, 9.17) is 37.1 Å². The van der Waals surface area contributed by atoms with Crippen molar-refractivity contribution in [3.8, 4) is 11.5 Å². The van der Waals surface area contributed by atoms with Crippen LogP contribution in [0.5, 0.6) is 11.5 Å². The Morgan fingerprint density at radius 3 is 2.60 bits per heavy atom. The Balaban J connectivity index is 1.50. The van der Waals surface area contributed by atoms with Crippen LogP contribution in [0, 0.1) is 0 Å². The third-order valence-corrected chi connectivity index (χ3v) is 4.47. The fourth-order valence-corrected chi connectivity index (χ4v) is 2.97. The van der Waals surface area contributed by atoms with E-state index < -0.39 is 11.8 Å². The monoisotopic (exact) mass is 448 g/mol. The average Bonchev–Trinajstić information content (AvgIpc) is 3.21. The molecule has 156 valence electrons. The zero-order valence-electron chi connectivity index (χ0n) is 15.9. The van der Waals surface area contributed by atoms with Crippen LogP contribution in [0.25, 0.3) is 0 Å². The first-order valence-corrected chi connectivity index (χ1v) is 9.59. The minimum absolute atomic E-state index is 0.0564. The summed E-state index contributed by atoms with van der Waals surface area (Å²) in [6.07, 6.45) is 0. The number of halogens is 2. The van der Waals surface area contributed by atoms with Gasteiger partial charge in [-0.3, -0.25) is 9.59 Å². The number of furan rings is 1. The van der Waals surface area contributed by atoms with Gasteiger partial charge in [-0.25, -0.2) is 0 Å². The lowest BCUT2D eigenvalue weighted by Gasteiger charge is -2.10. The highest BCUT2D eigenvalue weighted by Crippen LogP contribution is 2.28. The fraction of sp³-hybridized carbons (Fsp3) is 0.143. The molecule has 0 unspecified atom stereocenters. The van der Waals surface area contributed by atoms with Gasteiger partial charge in [0.2, 0.25) is 5.91 Å². The number of para-hydroxylation sites is 2. The molecule has 0 radical (unpaired) electrons. The van der Waals surface area contributed by atoms with Gasteiger partial charge in [0.25, 0.3) is 5.91 Å². The first-order valence-electron chi connectivity index (χ1n) is 8.84. The molecule has 9 heteroatoms. The Kier molecular flexibility index (Phi) is 7.21. The highest BCUT2D eigenvalue weighted by molar-refractivity contribution is 6.35. The first-order chi connectivity index (χ1) is 14.5. The van der Waals surface area contributed by atoms with E-state index in [1.807, 2.05) is 0 Å². The molecule has 2 amide bonds. The molecule has 0 saturated carbocycles. The van der Waals surface area contributed by atoms with Crippen molar-refractivity contribution in [2.24, 2.45) is 0 Å². The van der Waals surface area contributed by atoms with Crippen LogP contribution in [-0.4, -0.2) is 25.5 Å². The molecule has 1 aromatic heterocycles. The predicted octanol–water partition coefficient (Wildman–Crippen LogP) is 4.54. The molecular formula is C21H18Cl2N2O5. The Morgan fingerprint density at radius 1 is 1.03 bits per heavy atom. The molecular weight excluding hydrogens is 431 g/mol.